The molecule has 0 radical (unpaired) electrons. The van der Waals surface area contributed by atoms with E-state index in [1.165, 1.54) is 0 Å². The molecule has 0 heterocycles. The summed E-state index contributed by atoms with van der Waals surface area (Å²) in [6.07, 6.45) is 2.76. The van der Waals surface area contributed by atoms with Gasteiger partial charge < -0.3 is 20.4 Å². The summed E-state index contributed by atoms with van der Waals surface area (Å²) in [6, 6.07) is 25.4. The molecule has 0 aliphatic rings. The molecule has 4 N–H and O–H groups in total. The number of benzene rings is 4. The Bertz CT molecular complexity index is 1130. The summed E-state index contributed by atoms with van der Waals surface area (Å²) in [4.78, 5) is 0. The molecule has 0 aliphatic carbocycles. The number of aromatic hydroxyl groups is 4. The largest absolute Gasteiger partial charge is 0.508 e. The highest BCUT2D eigenvalue weighted by Gasteiger charge is 2.09. The van der Waals surface area contributed by atoms with Crippen molar-refractivity contribution in [3.8, 4) is 34.1 Å². The molecule has 0 unspecified atom stereocenters. The van der Waals surface area contributed by atoms with Crippen LogP contribution >= 0.6 is 0 Å². The lowest BCUT2D eigenvalue weighted by molar-refractivity contribution is 0.466. The van der Waals surface area contributed by atoms with Crippen LogP contribution in [0, 0.1) is 0 Å². The summed E-state index contributed by atoms with van der Waals surface area (Å²) in [5.41, 5.74) is 5.37. The van der Waals surface area contributed by atoms with Gasteiger partial charge in [-0.2, -0.15) is 0 Å². The van der Waals surface area contributed by atoms with Crippen LogP contribution in [0.1, 0.15) is 22.3 Å². The van der Waals surface area contributed by atoms with Crippen molar-refractivity contribution in [2.75, 3.05) is 0 Å². The Morgan fingerprint density at radius 1 is 0.438 bits per heavy atom. The fourth-order valence-corrected chi connectivity index (χ4v) is 3.89. The van der Waals surface area contributed by atoms with Crippen LogP contribution in [0.3, 0.4) is 0 Å². The Hall–Kier alpha value is -3.92. The minimum absolute atomic E-state index is 0.218. The van der Waals surface area contributed by atoms with E-state index in [1.807, 2.05) is 48.5 Å². The maximum atomic E-state index is 10.5. The van der Waals surface area contributed by atoms with Gasteiger partial charge in [-0.15, -0.1) is 0 Å². The van der Waals surface area contributed by atoms with Crippen LogP contribution in [0.4, 0.5) is 0 Å². The lowest BCUT2D eigenvalue weighted by atomic mass is 9.97. The Morgan fingerprint density at radius 2 is 0.875 bits per heavy atom. The van der Waals surface area contributed by atoms with Gasteiger partial charge in [-0.05, 0) is 95.5 Å². The van der Waals surface area contributed by atoms with E-state index < -0.39 is 0 Å². The van der Waals surface area contributed by atoms with Gasteiger partial charge in [-0.3, -0.25) is 0 Å². The molecule has 4 heteroatoms. The SMILES string of the molecule is Oc1cccc(CCc2ccc(-c3ccc(CCc4cccc(O)c4)c(O)c3)cc2O)c1. The quantitative estimate of drug-likeness (QED) is 0.303. The zero-order valence-corrected chi connectivity index (χ0v) is 17.7. The molecule has 162 valence electrons. The first-order chi connectivity index (χ1) is 15.5. The second-order valence-electron chi connectivity index (χ2n) is 8.03. The van der Waals surface area contributed by atoms with Crippen molar-refractivity contribution < 1.29 is 20.4 Å². The molecule has 0 saturated carbocycles. The van der Waals surface area contributed by atoms with Crippen molar-refractivity contribution in [3.63, 3.8) is 0 Å². The van der Waals surface area contributed by atoms with E-state index in [0.717, 1.165) is 46.2 Å². The van der Waals surface area contributed by atoms with Gasteiger partial charge in [0.2, 0.25) is 0 Å². The van der Waals surface area contributed by atoms with Gasteiger partial charge in [0.1, 0.15) is 23.0 Å². The molecule has 4 rings (SSSR count). The van der Waals surface area contributed by atoms with Gasteiger partial charge >= 0.3 is 0 Å². The molecule has 4 aromatic carbocycles. The molecule has 0 aromatic heterocycles. The summed E-state index contributed by atoms with van der Waals surface area (Å²) in [6.45, 7) is 0. The maximum Gasteiger partial charge on any atom is 0.119 e. The molecule has 0 fully saturated rings. The van der Waals surface area contributed by atoms with Crippen LogP contribution in [0.2, 0.25) is 0 Å². The van der Waals surface area contributed by atoms with Crippen LogP contribution in [0.5, 0.6) is 23.0 Å². The van der Waals surface area contributed by atoms with Crippen molar-refractivity contribution in [3.05, 3.63) is 107 Å². The third kappa shape index (κ3) is 5.22. The zero-order valence-electron chi connectivity index (χ0n) is 17.7. The molecule has 0 aliphatic heterocycles. The minimum atomic E-state index is 0.218. The topological polar surface area (TPSA) is 80.9 Å². The molecule has 32 heavy (non-hydrogen) atoms. The summed E-state index contributed by atoms with van der Waals surface area (Å²) in [5, 5.41) is 40.2. The Balaban J connectivity index is 1.44. The molecule has 0 amide bonds. The number of phenolic OH excluding ortho intramolecular Hbond substituents is 4. The summed E-state index contributed by atoms with van der Waals surface area (Å²) in [7, 11) is 0. The van der Waals surface area contributed by atoms with Crippen molar-refractivity contribution in [1.29, 1.82) is 0 Å². The normalized spacial score (nSPS) is 10.9. The van der Waals surface area contributed by atoms with E-state index >= 15 is 0 Å². The average Bonchev–Trinajstić information content (AvgIpc) is 2.77. The van der Waals surface area contributed by atoms with Gasteiger partial charge in [0, 0.05) is 0 Å². The van der Waals surface area contributed by atoms with E-state index in [0.29, 0.717) is 12.8 Å². The second kappa shape index (κ2) is 9.48. The number of rotatable bonds is 7. The van der Waals surface area contributed by atoms with Crippen LogP contribution in [-0.2, 0) is 25.7 Å². The summed E-state index contributed by atoms with van der Waals surface area (Å²) >= 11 is 0. The standard InChI is InChI=1S/C28H26O4/c29-25-5-1-3-19(15-25)7-9-21-11-13-23(17-27(21)31)24-14-12-22(28(32)18-24)10-8-20-4-2-6-26(30)16-20/h1-6,11-18,29-32H,7-10H2. The van der Waals surface area contributed by atoms with E-state index in [2.05, 4.69) is 0 Å². The molecule has 0 spiro atoms. The first-order valence-corrected chi connectivity index (χ1v) is 10.7. The lowest BCUT2D eigenvalue weighted by Gasteiger charge is -2.11. The van der Waals surface area contributed by atoms with Crippen molar-refractivity contribution in [2.24, 2.45) is 0 Å². The maximum absolute atomic E-state index is 10.5. The van der Waals surface area contributed by atoms with E-state index in [4.69, 9.17) is 0 Å². The molecular formula is C28H26O4. The summed E-state index contributed by atoms with van der Waals surface area (Å²) in [5.74, 6) is 0.921. The molecular weight excluding hydrogens is 400 g/mol. The molecule has 0 atom stereocenters. The highest BCUT2D eigenvalue weighted by atomic mass is 16.3. The smallest absolute Gasteiger partial charge is 0.119 e. The van der Waals surface area contributed by atoms with E-state index in [9.17, 15) is 20.4 Å². The van der Waals surface area contributed by atoms with Crippen molar-refractivity contribution in [1.82, 2.24) is 0 Å². The highest BCUT2D eigenvalue weighted by molar-refractivity contribution is 5.68. The van der Waals surface area contributed by atoms with Crippen LogP contribution in [0.15, 0.2) is 84.9 Å². The number of hydrogen-bond acceptors (Lipinski definition) is 4. The van der Waals surface area contributed by atoms with E-state index in [-0.39, 0.29) is 23.0 Å². The Morgan fingerprint density at radius 3 is 1.25 bits per heavy atom. The fraction of sp³-hybridized carbons (Fsp3) is 0.143. The predicted octanol–water partition coefficient (Wildman–Crippen LogP) is 5.75. The molecule has 4 aromatic rings. The van der Waals surface area contributed by atoms with E-state index in [1.54, 1.807) is 36.4 Å². The Kier molecular flexibility index (Phi) is 6.31. The monoisotopic (exact) mass is 426 g/mol. The first kappa shape index (κ1) is 21.3. The van der Waals surface area contributed by atoms with Crippen molar-refractivity contribution >= 4 is 0 Å². The predicted molar refractivity (Wildman–Crippen MR) is 126 cm³/mol. The lowest BCUT2D eigenvalue weighted by Crippen LogP contribution is -1.93. The highest BCUT2D eigenvalue weighted by Crippen LogP contribution is 2.31. The second-order valence-corrected chi connectivity index (χ2v) is 8.03. The molecule has 0 saturated heterocycles. The number of hydrogen-bond donors (Lipinski definition) is 4. The number of aryl methyl sites for hydroxylation is 4. The molecule has 0 bridgehead atoms. The average molecular weight is 427 g/mol. The first-order valence-electron chi connectivity index (χ1n) is 10.7. The van der Waals surface area contributed by atoms with Crippen LogP contribution in [0.25, 0.3) is 11.1 Å². The van der Waals surface area contributed by atoms with Gasteiger partial charge in [-0.1, -0.05) is 48.5 Å². The van der Waals surface area contributed by atoms with Gasteiger partial charge in [-0.25, -0.2) is 0 Å². The van der Waals surface area contributed by atoms with Crippen LogP contribution in [-0.4, -0.2) is 20.4 Å². The third-order valence-corrected chi connectivity index (χ3v) is 5.69. The van der Waals surface area contributed by atoms with Gasteiger partial charge in [0.25, 0.3) is 0 Å². The zero-order chi connectivity index (χ0) is 22.5. The minimum Gasteiger partial charge on any atom is -0.508 e. The molecule has 4 nitrogen and oxygen atoms in total. The summed E-state index contributed by atoms with van der Waals surface area (Å²) < 4.78 is 0. The fourth-order valence-electron chi connectivity index (χ4n) is 3.89. The van der Waals surface area contributed by atoms with Gasteiger partial charge in [0.05, 0.1) is 0 Å². The van der Waals surface area contributed by atoms with Crippen molar-refractivity contribution in [2.45, 2.75) is 25.7 Å². The van der Waals surface area contributed by atoms with Crippen LogP contribution < -0.4 is 0 Å². The number of phenols is 4. The van der Waals surface area contributed by atoms with Gasteiger partial charge in [0.15, 0.2) is 0 Å². The Labute approximate surface area is 187 Å². The third-order valence-electron chi connectivity index (χ3n) is 5.69.